The molecule has 0 N–H and O–H groups in total. The molecule has 1 aromatic rings. The van der Waals surface area contributed by atoms with Crippen molar-refractivity contribution in [2.45, 2.75) is 37.6 Å². The lowest BCUT2D eigenvalue weighted by molar-refractivity contribution is -0.133. The van der Waals surface area contributed by atoms with Gasteiger partial charge in [0, 0.05) is 12.5 Å². The van der Waals surface area contributed by atoms with Crippen molar-refractivity contribution in [1.82, 2.24) is 4.90 Å². The fourth-order valence-electron chi connectivity index (χ4n) is 4.26. The molecule has 0 radical (unpaired) electrons. The third kappa shape index (κ3) is 1.61. The van der Waals surface area contributed by atoms with Crippen LogP contribution >= 0.6 is 0 Å². The highest BCUT2D eigenvalue weighted by Gasteiger charge is 2.58. The Hall–Kier alpha value is -1.82. The van der Waals surface area contributed by atoms with E-state index in [0.717, 1.165) is 32.2 Å². The monoisotopic (exact) mass is 266 g/mol. The number of likely N-dealkylation sites (tertiary alicyclic amines) is 1. The predicted octanol–water partition coefficient (Wildman–Crippen LogP) is 2.48. The minimum Gasteiger partial charge on any atom is -0.326 e. The summed E-state index contributed by atoms with van der Waals surface area (Å²) in [4.78, 5) is 14.6. The molecule has 3 aliphatic rings. The summed E-state index contributed by atoms with van der Waals surface area (Å²) >= 11 is 0. The summed E-state index contributed by atoms with van der Waals surface area (Å²) < 4.78 is 0. The summed E-state index contributed by atoms with van der Waals surface area (Å²) in [5, 5.41) is 9.16. The number of benzene rings is 1. The maximum Gasteiger partial charge on any atom is 0.227 e. The van der Waals surface area contributed by atoms with E-state index in [1.54, 1.807) is 0 Å². The van der Waals surface area contributed by atoms with Gasteiger partial charge in [0.15, 0.2) is 0 Å². The molecule has 2 fully saturated rings. The number of amides is 1. The fourth-order valence-corrected chi connectivity index (χ4v) is 4.26. The molecule has 1 heterocycles. The normalized spacial score (nSPS) is 34.0. The molecule has 1 aliphatic heterocycles. The lowest BCUT2D eigenvalue weighted by Crippen LogP contribution is -2.36. The molecule has 102 valence electrons. The van der Waals surface area contributed by atoms with Crippen LogP contribution in [0, 0.1) is 23.2 Å². The van der Waals surface area contributed by atoms with Gasteiger partial charge < -0.3 is 4.90 Å². The summed E-state index contributed by atoms with van der Waals surface area (Å²) in [6.45, 7) is 0.772. The molecule has 1 saturated heterocycles. The number of carbonyl (C=O) groups is 1. The maximum atomic E-state index is 12.7. The van der Waals surface area contributed by atoms with Crippen molar-refractivity contribution >= 4 is 5.91 Å². The van der Waals surface area contributed by atoms with Crippen LogP contribution in [0.25, 0.3) is 0 Å². The molecule has 4 unspecified atom stereocenters. The molecule has 3 heteroatoms. The Bertz CT molecular complexity index is 603. The molecule has 3 nitrogen and oxygen atoms in total. The van der Waals surface area contributed by atoms with E-state index in [2.05, 4.69) is 30.3 Å². The first-order chi connectivity index (χ1) is 9.81. The average molecular weight is 266 g/mol. The quantitative estimate of drug-likeness (QED) is 0.783. The van der Waals surface area contributed by atoms with Crippen molar-refractivity contribution in [3.05, 3.63) is 35.4 Å². The molecular weight excluding hydrogens is 248 g/mol. The largest absolute Gasteiger partial charge is 0.326 e. The molecule has 2 aliphatic carbocycles. The fraction of sp³-hybridized carbons (Fsp3) is 0.529. The van der Waals surface area contributed by atoms with Crippen LogP contribution in [0.1, 0.15) is 36.3 Å². The van der Waals surface area contributed by atoms with E-state index < -0.39 is 0 Å². The molecule has 0 bridgehead atoms. The summed E-state index contributed by atoms with van der Waals surface area (Å²) in [6.07, 6.45) is 4.05. The Kier molecular flexibility index (Phi) is 2.60. The number of nitrogens with zero attached hydrogens (tertiary/aromatic N) is 2. The number of hydrogen-bond acceptors (Lipinski definition) is 2. The Morgan fingerprint density at radius 1 is 1.30 bits per heavy atom. The van der Waals surface area contributed by atoms with E-state index in [0.29, 0.717) is 11.8 Å². The second-order valence-corrected chi connectivity index (χ2v) is 6.27. The highest BCUT2D eigenvalue weighted by molar-refractivity contribution is 5.85. The molecule has 1 aromatic carbocycles. The van der Waals surface area contributed by atoms with Gasteiger partial charge in [0.05, 0.1) is 6.07 Å². The number of fused-ring (bicyclic) bond motifs is 3. The Morgan fingerprint density at radius 2 is 2.15 bits per heavy atom. The molecule has 20 heavy (non-hydrogen) atoms. The molecule has 1 saturated carbocycles. The standard InChI is InChI=1S/C17H18N2O/c18-10-12-5-3-9-19(12)17(20)16-14-8-7-11-4-1-2-6-13(11)15(14)16/h1-2,4,6,12,14-16H,3,5,7-9H2. The van der Waals surface area contributed by atoms with Crippen LogP contribution in [0.2, 0.25) is 0 Å². The molecule has 4 rings (SSSR count). The minimum absolute atomic E-state index is 0.146. The second-order valence-electron chi connectivity index (χ2n) is 6.27. The van der Waals surface area contributed by atoms with E-state index in [1.807, 2.05) is 4.90 Å². The molecule has 0 aromatic heterocycles. The van der Waals surface area contributed by atoms with Crippen LogP contribution in [0.4, 0.5) is 0 Å². The van der Waals surface area contributed by atoms with Crippen LogP contribution in [0.15, 0.2) is 24.3 Å². The summed E-state index contributed by atoms with van der Waals surface area (Å²) in [5.41, 5.74) is 2.80. The minimum atomic E-state index is -0.180. The topological polar surface area (TPSA) is 44.1 Å². The van der Waals surface area contributed by atoms with E-state index in [1.165, 1.54) is 11.1 Å². The van der Waals surface area contributed by atoms with Gasteiger partial charge in [-0.25, -0.2) is 0 Å². The van der Waals surface area contributed by atoms with Gasteiger partial charge in [0.25, 0.3) is 0 Å². The van der Waals surface area contributed by atoms with E-state index in [-0.39, 0.29) is 17.9 Å². The van der Waals surface area contributed by atoms with Crippen molar-refractivity contribution in [2.24, 2.45) is 11.8 Å². The van der Waals surface area contributed by atoms with Crippen LogP contribution in [-0.4, -0.2) is 23.4 Å². The van der Waals surface area contributed by atoms with Gasteiger partial charge in [-0.15, -0.1) is 0 Å². The van der Waals surface area contributed by atoms with Gasteiger partial charge in [-0.3, -0.25) is 4.79 Å². The van der Waals surface area contributed by atoms with Crippen LogP contribution < -0.4 is 0 Å². The summed E-state index contributed by atoms with van der Waals surface area (Å²) in [6, 6.07) is 10.6. The van der Waals surface area contributed by atoms with Gasteiger partial charge >= 0.3 is 0 Å². The number of nitriles is 1. The SMILES string of the molecule is N#CC1CCCN1C(=O)C1C2CCc3ccccc3C21. The summed E-state index contributed by atoms with van der Waals surface area (Å²) in [7, 11) is 0. The van der Waals surface area contributed by atoms with Crippen LogP contribution in [-0.2, 0) is 11.2 Å². The van der Waals surface area contributed by atoms with Crippen molar-refractivity contribution in [1.29, 1.82) is 5.26 Å². The zero-order valence-electron chi connectivity index (χ0n) is 11.5. The highest BCUT2D eigenvalue weighted by Crippen LogP contribution is 2.60. The number of aryl methyl sites for hydroxylation is 1. The first kappa shape index (κ1) is 12.0. The van der Waals surface area contributed by atoms with E-state index >= 15 is 0 Å². The van der Waals surface area contributed by atoms with Gasteiger partial charge in [-0.2, -0.15) is 5.26 Å². The van der Waals surface area contributed by atoms with Gasteiger partial charge in [-0.1, -0.05) is 24.3 Å². The highest BCUT2D eigenvalue weighted by atomic mass is 16.2. The molecule has 0 spiro atoms. The molecule has 1 amide bonds. The van der Waals surface area contributed by atoms with Crippen LogP contribution in [0.3, 0.4) is 0 Å². The lowest BCUT2D eigenvalue weighted by atomic mass is 9.92. The Morgan fingerprint density at radius 3 is 3.00 bits per heavy atom. The Labute approximate surface area is 119 Å². The molecular formula is C17H18N2O. The number of carbonyl (C=O) groups excluding carboxylic acids is 1. The van der Waals surface area contributed by atoms with Gasteiger partial charge in [0.2, 0.25) is 5.91 Å². The zero-order chi connectivity index (χ0) is 13.7. The maximum absolute atomic E-state index is 12.7. The zero-order valence-corrected chi connectivity index (χ0v) is 11.5. The first-order valence-electron chi connectivity index (χ1n) is 7.59. The second kappa shape index (κ2) is 4.34. The van der Waals surface area contributed by atoms with Crippen molar-refractivity contribution < 1.29 is 4.79 Å². The summed E-state index contributed by atoms with van der Waals surface area (Å²) in [5.74, 6) is 1.33. The number of rotatable bonds is 1. The average Bonchev–Trinajstić information content (AvgIpc) is 3.04. The third-order valence-electron chi connectivity index (χ3n) is 5.30. The Balaban J connectivity index is 1.58. The van der Waals surface area contributed by atoms with Gasteiger partial charge in [-0.05, 0) is 48.6 Å². The predicted molar refractivity (Wildman–Crippen MR) is 74.8 cm³/mol. The van der Waals surface area contributed by atoms with Crippen molar-refractivity contribution in [3.8, 4) is 6.07 Å². The van der Waals surface area contributed by atoms with Crippen LogP contribution in [0.5, 0.6) is 0 Å². The third-order valence-corrected chi connectivity index (χ3v) is 5.30. The smallest absolute Gasteiger partial charge is 0.227 e. The van der Waals surface area contributed by atoms with Crippen molar-refractivity contribution in [3.63, 3.8) is 0 Å². The van der Waals surface area contributed by atoms with E-state index in [4.69, 9.17) is 5.26 Å². The van der Waals surface area contributed by atoms with Crippen molar-refractivity contribution in [2.75, 3.05) is 6.54 Å². The van der Waals surface area contributed by atoms with E-state index in [9.17, 15) is 4.79 Å². The molecule has 4 atom stereocenters. The number of hydrogen-bond donors (Lipinski definition) is 0. The van der Waals surface area contributed by atoms with Gasteiger partial charge in [0.1, 0.15) is 6.04 Å². The lowest BCUT2D eigenvalue weighted by Gasteiger charge is -2.19. The first-order valence-corrected chi connectivity index (χ1v) is 7.59.